The van der Waals surface area contributed by atoms with E-state index in [0.717, 1.165) is 41.3 Å². The van der Waals surface area contributed by atoms with Crippen LogP contribution >= 0.6 is 22.9 Å². The van der Waals surface area contributed by atoms with E-state index in [4.69, 9.17) is 21.1 Å². The van der Waals surface area contributed by atoms with Crippen molar-refractivity contribution in [3.63, 3.8) is 0 Å². The normalized spacial score (nSPS) is 16.0. The molecule has 1 aliphatic heterocycles. The fourth-order valence-electron chi connectivity index (χ4n) is 3.13. The van der Waals surface area contributed by atoms with Crippen LogP contribution in [0.1, 0.15) is 28.9 Å². The van der Waals surface area contributed by atoms with Crippen molar-refractivity contribution in [2.24, 2.45) is 0 Å². The Morgan fingerprint density at radius 1 is 1.28 bits per heavy atom. The lowest BCUT2D eigenvalue weighted by atomic mass is 10.2. The Morgan fingerprint density at radius 2 is 2.17 bits per heavy atom. The summed E-state index contributed by atoms with van der Waals surface area (Å²) in [6.07, 6.45) is 2.16. The number of nitrogens with zero attached hydrogens (tertiary/aromatic N) is 1. The zero-order valence-corrected chi connectivity index (χ0v) is 17.3. The molecule has 0 spiro atoms. The molecule has 150 valence electrons. The van der Waals surface area contributed by atoms with Crippen molar-refractivity contribution >= 4 is 28.8 Å². The van der Waals surface area contributed by atoms with Crippen molar-refractivity contribution in [1.29, 1.82) is 0 Å². The molecule has 0 saturated carbocycles. The van der Waals surface area contributed by atoms with Crippen LogP contribution in [-0.2, 0) is 11.3 Å². The molecule has 1 saturated heterocycles. The lowest BCUT2D eigenvalue weighted by molar-refractivity contribution is 0.0854. The number of ether oxygens (including phenoxy) is 2. The number of carbonyl (C=O) groups excluding carboxylic acids is 1. The van der Waals surface area contributed by atoms with Crippen LogP contribution in [0.2, 0.25) is 5.02 Å². The van der Waals surface area contributed by atoms with Crippen LogP contribution in [0.5, 0.6) is 5.75 Å². The first-order chi connectivity index (χ1) is 14.2. The molecule has 0 bridgehead atoms. The molecule has 1 atom stereocenters. The number of thiazole rings is 1. The summed E-state index contributed by atoms with van der Waals surface area (Å²) in [6, 6.07) is 15.3. The van der Waals surface area contributed by atoms with Gasteiger partial charge in [0.15, 0.2) is 0 Å². The summed E-state index contributed by atoms with van der Waals surface area (Å²) in [7, 11) is 0. The fraction of sp³-hybridized carbons (Fsp3) is 0.273. The van der Waals surface area contributed by atoms with E-state index < -0.39 is 0 Å². The molecular weight excluding hydrogens is 408 g/mol. The Labute approximate surface area is 178 Å². The zero-order chi connectivity index (χ0) is 20.1. The van der Waals surface area contributed by atoms with Gasteiger partial charge in [-0.3, -0.25) is 4.79 Å². The average molecular weight is 429 g/mol. The summed E-state index contributed by atoms with van der Waals surface area (Å²) in [5.74, 6) is 0.568. The lowest BCUT2D eigenvalue weighted by Crippen LogP contribution is -2.31. The first kappa shape index (κ1) is 19.9. The topological polar surface area (TPSA) is 60.5 Å². The first-order valence-corrected chi connectivity index (χ1v) is 10.8. The van der Waals surface area contributed by atoms with Crippen LogP contribution in [-0.4, -0.2) is 30.1 Å². The number of benzene rings is 2. The van der Waals surface area contributed by atoms with E-state index in [2.05, 4.69) is 10.3 Å². The first-order valence-electron chi connectivity index (χ1n) is 9.50. The maximum atomic E-state index is 12.3. The summed E-state index contributed by atoms with van der Waals surface area (Å²) in [5.41, 5.74) is 2.34. The van der Waals surface area contributed by atoms with Crippen LogP contribution < -0.4 is 10.1 Å². The van der Waals surface area contributed by atoms with E-state index in [1.807, 2.05) is 48.5 Å². The highest BCUT2D eigenvalue weighted by atomic mass is 35.5. The molecule has 2 heterocycles. The van der Waals surface area contributed by atoms with Gasteiger partial charge in [0.25, 0.3) is 5.91 Å². The minimum Gasteiger partial charge on any atom is -0.489 e. The average Bonchev–Trinajstić information content (AvgIpc) is 3.43. The number of amides is 1. The number of hydrogen-bond acceptors (Lipinski definition) is 5. The van der Waals surface area contributed by atoms with Crippen LogP contribution in [0.4, 0.5) is 0 Å². The van der Waals surface area contributed by atoms with E-state index in [9.17, 15) is 4.79 Å². The molecule has 5 nitrogen and oxygen atoms in total. The number of carbonyl (C=O) groups is 1. The Balaban J connectivity index is 1.38. The standard InChI is InChI=1S/C22H21ClN2O3S/c23-17-6-1-4-15(10-17)13-28-18-7-2-5-16(11-18)22-25-20(14-29-22)21(26)24-12-19-8-3-9-27-19/h1-2,4-7,10-11,14,19H,3,8-9,12-13H2,(H,24,26)/t19-/m1/s1. The third-order valence-electron chi connectivity index (χ3n) is 4.63. The van der Waals surface area contributed by atoms with Crippen LogP contribution in [0.3, 0.4) is 0 Å². The Bertz CT molecular complexity index is 985. The molecule has 1 aliphatic rings. The summed E-state index contributed by atoms with van der Waals surface area (Å²) in [5, 5.41) is 6.15. The van der Waals surface area contributed by atoms with Gasteiger partial charge in [0.05, 0.1) is 6.10 Å². The van der Waals surface area contributed by atoms with Crippen molar-refractivity contribution in [3.05, 3.63) is 70.2 Å². The second kappa shape index (κ2) is 9.39. The third-order valence-corrected chi connectivity index (χ3v) is 5.75. The highest BCUT2D eigenvalue weighted by Crippen LogP contribution is 2.27. The van der Waals surface area contributed by atoms with E-state index in [1.165, 1.54) is 11.3 Å². The minimum absolute atomic E-state index is 0.116. The smallest absolute Gasteiger partial charge is 0.270 e. The van der Waals surface area contributed by atoms with Gasteiger partial charge >= 0.3 is 0 Å². The fourth-order valence-corrected chi connectivity index (χ4v) is 4.14. The maximum absolute atomic E-state index is 12.3. The molecule has 2 aromatic carbocycles. The molecule has 7 heteroatoms. The van der Waals surface area contributed by atoms with Gasteiger partial charge in [-0.15, -0.1) is 11.3 Å². The third kappa shape index (κ3) is 5.35. The predicted molar refractivity (Wildman–Crippen MR) is 115 cm³/mol. The summed E-state index contributed by atoms with van der Waals surface area (Å²) < 4.78 is 11.4. The quantitative estimate of drug-likeness (QED) is 0.578. The van der Waals surface area contributed by atoms with Crippen molar-refractivity contribution in [2.75, 3.05) is 13.2 Å². The van der Waals surface area contributed by atoms with Crippen molar-refractivity contribution in [1.82, 2.24) is 10.3 Å². The van der Waals surface area contributed by atoms with E-state index in [-0.39, 0.29) is 12.0 Å². The monoisotopic (exact) mass is 428 g/mol. The van der Waals surface area contributed by atoms with Gasteiger partial charge in [-0.25, -0.2) is 4.98 Å². The summed E-state index contributed by atoms with van der Waals surface area (Å²) in [4.78, 5) is 16.8. The van der Waals surface area contributed by atoms with Crippen LogP contribution in [0.25, 0.3) is 10.6 Å². The van der Waals surface area contributed by atoms with Crippen molar-refractivity contribution in [2.45, 2.75) is 25.6 Å². The molecule has 29 heavy (non-hydrogen) atoms. The summed E-state index contributed by atoms with van der Waals surface area (Å²) >= 11 is 7.45. The van der Waals surface area contributed by atoms with Gasteiger partial charge in [-0.05, 0) is 42.7 Å². The van der Waals surface area contributed by atoms with Crippen LogP contribution in [0, 0.1) is 0 Å². The Morgan fingerprint density at radius 3 is 3.00 bits per heavy atom. The van der Waals surface area contributed by atoms with Gasteiger partial charge in [0, 0.05) is 29.1 Å². The zero-order valence-electron chi connectivity index (χ0n) is 15.8. The Kier molecular flexibility index (Phi) is 6.44. The molecule has 4 rings (SSSR count). The predicted octanol–water partition coefficient (Wildman–Crippen LogP) is 4.95. The van der Waals surface area contributed by atoms with Gasteiger partial charge in [0.1, 0.15) is 23.1 Å². The lowest BCUT2D eigenvalue weighted by Gasteiger charge is -2.09. The molecule has 1 N–H and O–H groups in total. The SMILES string of the molecule is O=C(NC[C@H]1CCCO1)c1csc(-c2cccc(OCc3cccc(Cl)c3)c2)n1. The van der Waals surface area contributed by atoms with Crippen molar-refractivity contribution < 1.29 is 14.3 Å². The highest BCUT2D eigenvalue weighted by molar-refractivity contribution is 7.13. The number of rotatable bonds is 7. The van der Waals surface area contributed by atoms with Crippen LogP contribution in [0.15, 0.2) is 53.9 Å². The molecule has 0 radical (unpaired) electrons. The second-order valence-corrected chi connectivity index (χ2v) is 8.12. The molecule has 1 amide bonds. The van der Waals surface area contributed by atoms with E-state index in [0.29, 0.717) is 23.9 Å². The number of hydrogen-bond donors (Lipinski definition) is 1. The highest BCUT2D eigenvalue weighted by Gasteiger charge is 2.18. The Hall–Kier alpha value is -2.41. The van der Waals surface area contributed by atoms with Gasteiger partial charge < -0.3 is 14.8 Å². The largest absolute Gasteiger partial charge is 0.489 e. The van der Waals surface area contributed by atoms with Crippen molar-refractivity contribution in [3.8, 4) is 16.3 Å². The van der Waals surface area contributed by atoms with E-state index >= 15 is 0 Å². The van der Waals surface area contributed by atoms with Gasteiger partial charge in [-0.1, -0.05) is 35.9 Å². The molecular formula is C22H21ClN2O3S. The molecule has 3 aromatic rings. The molecule has 0 aliphatic carbocycles. The van der Waals surface area contributed by atoms with E-state index in [1.54, 1.807) is 5.38 Å². The molecule has 0 unspecified atom stereocenters. The number of aromatic nitrogens is 1. The van der Waals surface area contributed by atoms with Gasteiger partial charge in [0.2, 0.25) is 0 Å². The van der Waals surface area contributed by atoms with Gasteiger partial charge in [-0.2, -0.15) is 0 Å². The molecule has 1 fully saturated rings. The number of nitrogens with one attached hydrogen (secondary N) is 1. The second-order valence-electron chi connectivity index (χ2n) is 6.83. The molecule has 1 aromatic heterocycles. The number of halogens is 1. The minimum atomic E-state index is -0.170. The summed E-state index contributed by atoms with van der Waals surface area (Å²) in [6.45, 7) is 1.73. The maximum Gasteiger partial charge on any atom is 0.270 e.